The van der Waals surface area contributed by atoms with E-state index >= 15 is 0 Å². The number of hydrogen-bond acceptors (Lipinski definition) is 2. The SMILES string of the molecule is O=C([C@H]1CCCCN1)N1CCCc2ccccc2C1. The molecule has 3 nitrogen and oxygen atoms in total. The topological polar surface area (TPSA) is 32.3 Å². The van der Waals surface area contributed by atoms with Gasteiger partial charge < -0.3 is 10.2 Å². The van der Waals surface area contributed by atoms with Gasteiger partial charge in [0.1, 0.15) is 0 Å². The number of piperidine rings is 1. The summed E-state index contributed by atoms with van der Waals surface area (Å²) in [6.07, 6.45) is 5.55. The maximum atomic E-state index is 12.6. The highest BCUT2D eigenvalue weighted by molar-refractivity contribution is 5.82. The van der Waals surface area contributed by atoms with Crippen molar-refractivity contribution in [3.05, 3.63) is 35.4 Å². The van der Waals surface area contributed by atoms with E-state index in [4.69, 9.17) is 0 Å². The number of benzene rings is 1. The fourth-order valence-electron chi connectivity index (χ4n) is 3.17. The highest BCUT2D eigenvalue weighted by atomic mass is 16.2. The average Bonchev–Trinajstić information content (AvgIpc) is 2.69. The molecule has 0 spiro atoms. The monoisotopic (exact) mass is 258 g/mol. The van der Waals surface area contributed by atoms with Gasteiger partial charge in [-0.1, -0.05) is 30.7 Å². The van der Waals surface area contributed by atoms with Crippen LogP contribution in [0.4, 0.5) is 0 Å². The minimum atomic E-state index is 0.0546. The molecule has 0 radical (unpaired) electrons. The van der Waals surface area contributed by atoms with Gasteiger partial charge in [-0.3, -0.25) is 4.79 Å². The van der Waals surface area contributed by atoms with E-state index in [9.17, 15) is 4.79 Å². The lowest BCUT2D eigenvalue weighted by Crippen LogP contribution is -2.48. The molecule has 0 saturated carbocycles. The predicted octanol–water partition coefficient (Wildman–Crippen LogP) is 2.10. The zero-order valence-corrected chi connectivity index (χ0v) is 11.4. The number of amides is 1. The third kappa shape index (κ3) is 2.81. The summed E-state index contributed by atoms with van der Waals surface area (Å²) < 4.78 is 0. The molecule has 19 heavy (non-hydrogen) atoms. The molecule has 1 aromatic rings. The first-order valence-electron chi connectivity index (χ1n) is 7.43. The maximum Gasteiger partial charge on any atom is 0.240 e. The summed E-state index contributed by atoms with van der Waals surface area (Å²) in [7, 11) is 0. The molecule has 1 aromatic carbocycles. The number of hydrogen-bond donors (Lipinski definition) is 1. The second-order valence-electron chi connectivity index (χ2n) is 5.63. The number of rotatable bonds is 1. The molecule has 1 N–H and O–H groups in total. The largest absolute Gasteiger partial charge is 0.337 e. The molecular weight excluding hydrogens is 236 g/mol. The molecule has 102 valence electrons. The zero-order chi connectivity index (χ0) is 13.1. The molecule has 1 atom stereocenters. The highest BCUT2D eigenvalue weighted by Crippen LogP contribution is 2.20. The second-order valence-corrected chi connectivity index (χ2v) is 5.63. The summed E-state index contributed by atoms with van der Waals surface area (Å²) in [4.78, 5) is 14.6. The number of nitrogens with one attached hydrogen (secondary N) is 1. The quantitative estimate of drug-likeness (QED) is 0.836. The van der Waals surface area contributed by atoms with Crippen molar-refractivity contribution in [3.63, 3.8) is 0 Å². The molecule has 0 bridgehead atoms. The molecule has 1 amide bonds. The third-order valence-electron chi connectivity index (χ3n) is 4.27. The van der Waals surface area contributed by atoms with Crippen LogP contribution in [0.1, 0.15) is 36.8 Å². The zero-order valence-electron chi connectivity index (χ0n) is 11.4. The molecule has 0 aromatic heterocycles. The summed E-state index contributed by atoms with van der Waals surface area (Å²) in [6, 6.07) is 8.58. The Labute approximate surface area is 115 Å². The van der Waals surface area contributed by atoms with Crippen LogP contribution < -0.4 is 5.32 Å². The van der Waals surface area contributed by atoms with Gasteiger partial charge in [0, 0.05) is 13.1 Å². The van der Waals surface area contributed by atoms with Crippen molar-refractivity contribution >= 4 is 5.91 Å². The summed E-state index contributed by atoms with van der Waals surface area (Å²) in [5, 5.41) is 3.37. The molecular formula is C16H22N2O. The Kier molecular flexibility index (Phi) is 3.83. The average molecular weight is 258 g/mol. The van der Waals surface area contributed by atoms with E-state index in [-0.39, 0.29) is 6.04 Å². The van der Waals surface area contributed by atoms with Crippen LogP contribution in [0.25, 0.3) is 0 Å². The molecule has 2 heterocycles. The van der Waals surface area contributed by atoms with Crippen molar-refractivity contribution in [2.75, 3.05) is 13.1 Å². The first-order chi connectivity index (χ1) is 9.34. The van der Waals surface area contributed by atoms with Gasteiger partial charge in [-0.25, -0.2) is 0 Å². The Morgan fingerprint density at radius 1 is 1.16 bits per heavy atom. The summed E-state index contributed by atoms with van der Waals surface area (Å²) >= 11 is 0. The van der Waals surface area contributed by atoms with E-state index in [1.807, 2.05) is 0 Å². The van der Waals surface area contributed by atoms with Crippen LogP contribution in [-0.4, -0.2) is 29.9 Å². The second kappa shape index (κ2) is 5.74. The van der Waals surface area contributed by atoms with Gasteiger partial charge in [0.15, 0.2) is 0 Å². The molecule has 2 aliphatic rings. The molecule has 2 aliphatic heterocycles. The summed E-state index contributed by atoms with van der Waals surface area (Å²) in [5.41, 5.74) is 2.73. The van der Waals surface area contributed by atoms with Crippen molar-refractivity contribution < 1.29 is 4.79 Å². The van der Waals surface area contributed by atoms with Crippen LogP contribution >= 0.6 is 0 Å². The van der Waals surface area contributed by atoms with E-state index in [0.29, 0.717) is 5.91 Å². The smallest absolute Gasteiger partial charge is 0.240 e. The number of carbonyl (C=O) groups is 1. The molecule has 0 aliphatic carbocycles. The molecule has 3 rings (SSSR count). The fraction of sp³-hybridized carbons (Fsp3) is 0.562. The third-order valence-corrected chi connectivity index (χ3v) is 4.27. The lowest BCUT2D eigenvalue weighted by molar-refractivity contribution is -0.134. The minimum Gasteiger partial charge on any atom is -0.337 e. The van der Waals surface area contributed by atoms with Crippen LogP contribution in [0, 0.1) is 0 Å². The first kappa shape index (κ1) is 12.7. The van der Waals surface area contributed by atoms with Gasteiger partial charge in [-0.05, 0) is 43.4 Å². The van der Waals surface area contributed by atoms with Crippen LogP contribution in [0.15, 0.2) is 24.3 Å². The van der Waals surface area contributed by atoms with Crippen molar-refractivity contribution in [1.29, 1.82) is 0 Å². The van der Waals surface area contributed by atoms with E-state index < -0.39 is 0 Å². The Morgan fingerprint density at radius 2 is 2.00 bits per heavy atom. The van der Waals surface area contributed by atoms with Crippen molar-refractivity contribution in [3.8, 4) is 0 Å². The van der Waals surface area contributed by atoms with Gasteiger partial charge in [0.05, 0.1) is 6.04 Å². The van der Waals surface area contributed by atoms with E-state index in [1.54, 1.807) is 0 Å². The number of fused-ring (bicyclic) bond motifs is 1. The van der Waals surface area contributed by atoms with Gasteiger partial charge in [0.2, 0.25) is 5.91 Å². The standard InChI is InChI=1S/C16H22N2O/c19-16(15-9-3-4-10-17-15)18-11-5-8-13-6-1-2-7-14(13)12-18/h1-2,6-7,15,17H,3-5,8-12H2/t15-/m1/s1. The maximum absolute atomic E-state index is 12.6. The van der Waals surface area contributed by atoms with Gasteiger partial charge >= 0.3 is 0 Å². The molecule has 0 unspecified atom stereocenters. The Balaban J connectivity index is 1.73. The Hall–Kier alpha value is -1.35. The molecule has 1 saturated heterocycles. The highest BCUT2D eigenvalue weighted by Gasteiger charge is 2.26. The fourth-order valence-corrected chi connectivity index (χ4v) is 3.17. The van der Waals surface area contributed by atoms with Gasteiger partial charge in [0.25, 0.3) is 0 Å². The number of nitrogens with zero attached hydrogens (tertiary/aromatic N) is 1. The van der Waals surface area contributed by atoms with Crippen LogP contribution in [0.3, 0.4) is 0 Å². The Bertz CT molecular complexity index is 452. The first-order valence-corrected chi connectivity index (χ1v) is 7.43. The molecule has 1 fully saturated rings. The van der Waals surface area contributed by atoms with Gasteiger partial charge in [-0.15, -0.1) is 0 Å². The Morgan fingerprint density at radius 3 is 2.79 bits per heavy atom. The minimum absolute atomic E-state index is 0.0546. The van der Waals surface area contributed by atoms with E-state index in [2.05, 4.69) is 34.5 Å². The lowest BCUT2D eigenvalue weighted by Gasteiger charge is -2.29. The van der Waals surface area contributed by atoms with E-state index in [0.717, 1.165) is 38.9 Å². The molecule has 3 heteroatoms. The number of aryl methyl sites for hydroxylation is 1. The summed E-state index contributed by atoms with van der Waals surface area (Å²) in [6.45, 7) is 2.67. The predicted molar refractivity (Wildman–Crippen MR) is 75.8 cm³/mol. The van der Waals surface area contributed by atoms with Gasteiger partial charge in [-0.2, -0.15) is 0 Å². The number of carbonyl (C=O) groups excluding carboxylic acids is 1. The lowest BCUT2D eigenvalue weighted by atomic mass is 10.0. The summed E-state index contributed by atoms with van der Waals surface area (Å²) in [5.74, 6) is 0.302. The normalized spacial score (nSPS) is 23.6. The van der Waals surface area contributed by atoms with E-state index in [1.165, 1.54) is 24.0 Å². The van der Waals surface area contributed by atoms with Crippen molar-refractivity contribution in [2.45, 2.75) is 44.7 Å². The van der Waals surface area contributed by atoms with Crippen LogP contribution in [0.2, 0.25) is 0 Å². The van der Waals surface area contributed by atoms with Crippen LogP contribution in [0.5, 0.6) is 0 Å². The van der Waals surface area contributed by atoms with Crippen molar-refractivity contribution in [1.82, 2.24) is 10.2 Å². The van der Waals surface area contributed by atoms with Crippen molar-refractivity contribution in [2.24, 2.45) is 0 Å². The van der Waals surface area contributed by atoms with Crippen LogP contribution in [-0.2, 0) is 17.8 Å².